The van der Waals surface area contributed by atoms with Crippen molar-refractivity contribution in [3.63, 3.8) is 0 Å². The van der Waals surface area contributed by atoms with Crippen LogP contribution in [-0.2, 0) is 6.42 Å². The molecule has 0 amide bonds. The van der Waals surface area contributed by atoms with Gasteiger partial charge in [-0.15, -0.1) is 0 Å². The van der Waals surface area contributed by atoms with Gasteiger partial charge in [-0.05, 0) is 73.1 Å². The van der Waals surface area contributed by atoms with Gasteiger partial charge in [0.15, 0.2) is 11.5 Å². The van der Waals surface area contributed by atoms with Crippen LogP contribution < -0.4 is 18.9 Å². The SMILES string of the molecule is COc1c(C)c(CCC=C(C)CCC=C(C)CCC=C(C)C)c(OC)c(OC)c1OC. The van der Waals surface area contributed by atoms with Crippen LogP contribution >= 0.6 is 0 Å². The van der Waals surface area contributed by atoms with E-state index in [1.54, 1.807) is 28.4 Å². The zero-order valence-electron chi connectivity index (χ0n) is 21.1. The highest BCUT2D eigenvalue weighted by atomic mass is 16.5. The molecule has 0 aliphatic carbocycles. The fourth-order valence-corrected chi connectivity index (χ4v) is 3.76. The predicted molar refractivity (Wildman–Crippen MR) is 131 cm³/mol. The van der Waals surface area contributed by atoms with Crippen LogP contribution in [0.4, 0.5) is 0 Å². The maximum absolute atomic E-state index is 5.69. The summed E-state index contributed by atoms with van der Waals surface area (Å²) in [6.07, 6.45) is 13.3. The standard InChI is InChI=1S/C27H42O4/c1-19(2)13-10-14-20(3)15-11-16-21(4)17-12-18-23-22(5)24(28-6)26(30-8)27(31-9)25(23)29-7/h13,15,17H,10-12,14,16,18H2,1-9H3. The molecule has 1 aromatic carbocycles. The van der Waals surface area contributed by atoms with Crippen molar-refractivity contribution >= 4 is 0 Å². The van der Waals surface area contributed by atoms with Crippen molar-refractivity contribution in [2.75, 3.05) is 28.4 Å². The summed E-state index contributed by atoms with van der Waals surface area (Å²) < 4.78 is 22.4. The lowest BCUT2D eigenvalue weighted by molar-refractivity contribution is 0.302. The Morgan fingerprint density at radius 2 is 1.06 bits per heavy atom. The molecule has 0 spiro atoms. The van der Waals surface area contributed by atoms with Crippen molar-refractivity contribution in [1.29, 1.82) is 0 Å². The molecule has 0 saturated carbocycles. The van der Waals surface area contributed by atoms with Crippen molar-refractivity contribution < 1.29 is 18.9 Å². The second-order valence-electron chi connectivity index (χ2n) is 8.24. The molecule has 0 radical (unpaired) electrons. The van der Waals surface area contributed by atoms with E-state index in [0.29, 0.717) is 17.2 Å². The van der Waals surface area contributed by atoms with E-state index in [4.69, 9.17) is 18.9 Å². The third-order valence-corrected chi connectivity index (χ3v) is 5.51. The third kappa shape index (κ3) is 8.01. The van der Waals surface area contributed by atoms with Crippen molar-refractivity contribution in [1.82, 2.24) is 0 Å². The summed E-state index contributed by atoms with van der Waals surface area (Å²) in [5.74, 6) is 2.57. The van der Waals surface area contributed by atoms with Crippen LogP contribution in [-0.4, -0.2) is 28.4 Å². The van der Waals surface area contributed by atoms with Gasteiger partial charge >= 0.3 is 0 Å². The summed E-state index contributed by atoms with van der Waals surface area (Å²) in [6.45, 7) is 10.8. The summed E-state index contributed by atoms with van der Waals surface area (Å²) in [6, 6.07) is 0. The van der Waals surface area contributed by atoms with Gasteiger partial charge in [0.05, 0.1) is 28.4 Å². The Labute approximate surface area is 189 Å². The zero-order valence-corrected chi connectivity index (χ0v) is 21.1. The first-order valence-corrected chi connectivity index (χ1v) is 11.1. The van der Waals surface area contributed by atoms with E-state index in [2.05, 4.69) is 45.9 Å². The fourth-order valence-electron chi connectivity index (χ4n) is 3.76. The van der Waals surface area contributed by atoms with Gasteiger partial charge in [0.25, 0.3) is 0 Å². The molecule has 0 heterocycles. The first-order chi connectivity index (χ1) is 14.8. The summed E-state index contributed by atoms with van der Waals surface area (Å²) >= 11 is 0. The van der Waals surface area contributed by atoms with E-state index in [1.165, 1.54) is 16.7 Å². The summed E-state index contributed by atoms with van der Waals surface area (Å²) in [5, 5.41) is 0. The summed E-state index contributed by atoms with van der Waals surface area (Å²) in [4.78, 5) is 0. The molecule has 1 aromatic rings. The molecular formula is C27H42O4. The highest BCUT2D eigenvalue weighted by Gasteiger charge is 2.24. The van der Waals surface area contributed by atoms with Gasteiger partial charge in [0.2, 0.25) is 11.5 Å². The Balaban J connectivity index is 2.82. The lowest BCUT2D eigenvalue weighted by atomic mass is 9.98. The average Bonchev–Trinajstić information content (AvgIpc) is 2.73. The number of allylic oxidation sites excluding steroid dienone is 6. The molecule has 4 heteroatoms. The second kappa shape index (κ2) is 13.8. The smallest absolute Gasteiger partial charge is 0.207 e. The minimum absolute atomic E-state index is 0.571. The Morgan fingerprint density at radius 3 is 1.55 bits per heavy atom. The van der Waals surface area contributed by atoms with Gasteiger partial charge in [0.1, 0.15) is 0 Å². The molecular weight excluding hydrogens is 388 g/mol. The van der Waals surface area contributed by atoms with Crippen molar-refractivity contribution in [3.8, 4) is 23.0 Å². The van der Waals surface area contributed by atoms with Crippen molar-refractivity contribution in [2.24, 2.45) is 0 Å². The highest BCUT2D eigenvalue weighted by molar-refractivity contribution is 5.66. The van der Waals surface area contributed by atoms with Gasteiger partial charge in [-0.1, -0.05) is 34.9 Å². The van der Waals surface area contributed by atoms with Crippen LogP contribution in [0.25, 0.3) is 0 Å². The maximum Gasteiger partial charge on any atom is 0.207 e. The van der Waals surface area contributed by atoms with Crippen LogP contribution in [0.3, 0.4) is 0 Å². The fraction of sp³-hybridized carbons (Fsp3) is 0.556. The normalized spacial score (nSPS) is 11.9. The first-order valence-electron chi connectivity index (χ1n) is 11.1. The molecule has 31 heavy (non-hydrogen) atoms. The number of ether oxygens (including phenoxy) is 4. The van der Waals surface area contributed by atoms with E-state index in [-0.39, 0.29) is 0 Å². The van der Waals surface area contributed by atoms with Crippen molar-refractivity contribution in [3.05, 3.63) is 46.1 Å². The topological polar surface area (TPSA) is 36.9 Å². The molecule has 0 fully saturated rings. The number of methoxy groups -OCH3 is 4. The van der Waals surface area contributed by atoms with Crippen LogP contribution in [0.15, 0.2) is 34.9 Å². The van der Waals surface area contributed by atoms with Crippen LogP contribution in [0, 0.1) is 6.92 Å². The number of rotatable bonds is 13. The van der Waals surface area contributed by atoms with E-state index in [1.807, 2.05) is 6.92 Å². The van der Waals surface area contributed by atoms with Gasteiger partial charge in [-0.25, -0.2) is 0 Å². The van der Waals surface area contributed by atoms with E-state index < -0.39 is 0 Å². The minimum atomic E-state index is 0.571. The molecule has 1 rings (SSSR count). The van der Waals surface area contributed by atoms with E-state index in [0.717, 1.165) is 55.4 Å². The molecule has 0 bridgehead atoms. The molecule has 174 valence electrons. The quantitative estimate of drug-likeness (QED) is 0.306. The first kappa shape index (κ1) is 26.7. The Hall–Kier alpha value is -2.36. The molecule has 0 N–H and O–H groups in total. The van der Waals surface area contributed by atoms with Crippen molar-refractivity contribution in [2.45, 2.75) is 73.1 Å². The lowest BCUT2D eigenvalue weighted by Gasteiger charge is -2.21. The Bertz CT molecular complexity index is 796. The summed E-state index contributed by atoms with van der Waals surface area (Å²) in [7, 11) is 6.56. The minimum Gasteiger partial charge on any atom is -0.492 e. The average molecular weight is 431 g/mol. The molecule has 0 aliphatic rings. The summed E-state index contributed by atoms with van der Waals surface area (Å²) in [5.41, 5.74) is 6.40. The number of benzene rings is 1. The highest BCUT2D eigenvalue weighted by Crippen LogP contribution is 2.49. The molecule has 0 aliphatic heterocycles. The molecule has 0 saturated heterocycles. The Kier molecular flexibility index (Phi) is 11.9. The van der Waals surface area contributed by atoms with Crippen LogP contribution in [0.1, 0.15) is 70.9 Å². The Morgan fingerprint density at radius 1 is 0.613 bits per heavy atom. The lowest BCUT2D eigenvalue weighted by Crippen LogP contribution is -2.04. The van der Waals surface area contributed by atoms with Crippen LogP contribution in [0.5, 0.6) is 23.0 Å². The van der Waals surface area contributed by atoms with Gasteiger partial charge < -0.3 is 18.9 Å². The number of hydrogen-bond acceptors (Lipinski definition) is 4. The molecule has 4 nitrogen and oxygen atoms in total. The maximum atomic E-state index is 5.69. The van der Waals surface area contributed by atoms with E-state index >= 15 is 0 Å². The number of hydrogen-bond donors (Lipinski definition) is 0. The predicted octanol–water partition coefficient (Wildman–Crippen LogP) is 7.38. The molecule has 0 atom stereocenters. The van der Waals surface area contributed by atoms with E-state index in [9.17, 15) is 0 Å². The monoisotopic (exact) mass is 430 g/mol. The van der Waals surface area contributed by atoms with Gasteiger partial charge in [-0.3, -0.25) is 0 Å². The second-order valence-corrected chi connectivity index (χ2v) is 8.24. The van der Waals surface area contributed by atoms with Gasteiger partial charge in [0, 0.05) is 11.1 Å². The largest absolute Gasteiger partial charge is 0.492 e. The molecule has 0 aromatic heterocycles. The zero-order chi connectivity index (χ0) is 23.4. The third-order valence-electron chi connectivity index (χ3n) is 5.51. The van der Waals surface area contributed by atoms with Crippen LogP contribution in [0.2, 0.25) is 0 Å². The molecule has 0 unspecified atom stereocenters. The van der Waals surface area contributed by atoms with Gasteiger partial charge in [-0.2, -0.15) is 0 Å².